The Morgan fingerprint density at radius 1 is 0.288 bits per heavy atom. The average Bonchev–Trinajstić information content (AvgIpc) is 3.66. The summed E-state index contributed by atoms with van der Waals surface area (Å²) < 4.78 is 48.4. The zero-order valence-corrected chi connectivity index (χ0v) is 73.6. The summed E-state index contributed by atoms with van der Waals surface area (Å²) in [6.07, 6.45) is 1.07. The zero-order chi connectivity index (χ0) is 85.3. The van der Waals surface area contributed by atoms with Crippen LogP contribution in [0.3, 0.4) is 0 Å². The maximum atomic E-state index is 10.6. The molecule has 0 amide bonds. The number of carbonyl (C=O) groups excluding carboxylic acids is 5. The van der Waals surface area contributed by atoms with E-state index >= 15 is 0 Å². The molecule has 0 aliphatic heterocycles. The molecule has 0 aromatic rings. The Balaban J connectivity index is -0.0000000131. The molecule has 25 nitrogen and oxygen atoms in total. The van der Waals surface area contributed by atoms with Crippen LogP contribution in [0.15, 0.2) is 0 Å². The number of carboxylic acids is 1. The van der Waals surface area contributed by atoms with Gasteiger partial charge in [0.05, 0.1) is 17.9 Å². The van der Waals surface area contributed by atoms with E-state index in [-0.39, 0.29) is 144 Å². The van der Waals surface area contributed by atoms with E-state index in [1.54, 1.807) is 41.5 Å². The minimum absolute atomic E-state index is 0. The molecule has 8 N–H and O–H groups in total. The highest BCUT2D eigenvalue weighted by Crippen LogP contribution is 2.13. The lowest BCUT2D eigenvalue weighted by molar-refractivity contribution is -0.159. The number of ether oxygens (including phenoxy) is 11. The van der Waals surface area contributed by atoms with Crippen LogP contribution in [-0.4, -0.2) is 216 Å². The van der Waals surface area contributed by atoms with E-state index < -0.39 is 23.3 Å². The van der Waals surface area contributed by atoms with Gasteiger partial charge in [0.15, 0.2) is 20.4 Å². The van der Waals surface area contributed by atoms with E-state index in [2.05, 4.69) is 52.1 Å². The van der Waals surface area contributed by atoms with Crippen molar-refractivity contribution in [1.29, 1.82) is 0 Å². The Morgan fingerprint density at radius 2 is 0.423 bits per heavy atom. The summed E-state index contributed by atoms with van der Waals surface area (Å²) in [5.41, 5.74) is -0.936. The van der Waals surface area contributed by atoms with E-state index in [4.69, 9.17) is 40.9 Å². The van der Waals surface area contributed by atoms with Crippen molar-refractivity contribution in [3.05, 3.63) is 0 Å². The van der Waals surface area contributed by atoms with Gasteiger partial charge in [-0.25, -0.2) is 9.59 Å². The van der Waals surface area contributed by atoms with Crippen molar-refractivity contribution in [2.45, 2.75) is 357 Å². The van der Waals surface area contributed by atoms with Crippen molar-refractivity contribution in [2.75, 3.05) is 139 Å². The fourth-order valence-electron chi connectivity index (χ4n) is 1.10. The molecule has 0 atom stereocenters. The van der Waals surface area contributed by atoms with Crippen LogP contribution >= 0.6 is 0 Å². The second-order valence-corrected chi connectivity index (χ2v) is 11.5. The molecule has 0 aliphatic carbocycles. The second kappa shape index (κ2) is 428. The van der Waals surface area contributed by atoms with Gasteiger partial charge in [0.2, 0.25) is 0 Å². The number of aliphatic carboxylic acids is 1. The van der Waals surface area contributed by atoms with Crippen molar-refractivity contribution >= 4 is 35.6 Å². The summed E-state index contributed by atoms with van der Waals surface area (Å²) in [7, 11) is 15.5. The molecule has 0 unspecified atom stereocenters. The minimum atomic E-state index is -0.757. The molecule has 0 aromatic carbocycles. The third-order valence-corrected chi connectivity index (χ3v) is 4.02. The van der Waals surface area contributed by atoms with Crippen LogP contribution in [0.2, 0.25) is 0 Å². The van der Waals surface area contributed by atoms with Crippen molar-refractivity contribution in [3.8, 4) is 0 Å². The summed E-state index contributed by atoms with van der Waals surface area (Å²) in [6.45, 7) is 77.2. The van der Waals surface area contributed by atoms with Gasteiger partial charge >= 0.3 is 29.8 Å². The minimum Gasteiger partial charge on any atom is -0.481 e. The summed E-state index contributed by atoms with van der Waals surface area (Å²) in [6, 6.07) is 0. The Kier molecular flexibility index (Phi) is 1020. The molecule has 0 fully saturated rings. The standard InChI is InChI=1S/C6H12O2.2C5H10O4.C5H10O3.C5H10O2.C4H8O.2C2H6O2.C2H6O.15C2H6.4CH4O.9CH4/c1-6(2,3)5(7)8-4;2*1-7-3-5(6)9-4-8-2;1-3-5(6)8-4-7-2;1-5(2,3)4(6)7;1-3-4(2)5;2*1-4-2-3;1-2-3;19*1-2;;;;;;;;;/h1-4H3;2*3-4H2,1-2H3;3-4H2,1-2H3;1-3H3,(H,6,7);3H2,1-2H3;2*3H,2H2,1H3;3H,2H2,1H3;15*1-2H3;4*2H,1H3;9*1H4. The lowest BCUT2D eigenvalue weighted by Crippen LogP contribution is -2.21. The lowest BCUT2D eigenvalue weighted by atomic mass is 9.98. The third kappa shape index (κ3) is 788. The third-order valence-electron chi connectivity index (χ3n) is 4.02. The van der Waals surface area contributed by atoms with Gasteiger partial charge in [0, 0.05) is 97.7 Å². The van der Waals surface area contributed by atoms with Crippen LogP contribution in [0.1, 0.15) is 357 Å². The first kappa shape index (κ1) is 247. The van der Waals surface area contributed by atoms with E-state index in [0.29, 0.717) is 12.8 Å². The number of Topliss-reactive ketones (excluding diaryl/α,β-unsaturated/α-hetero) is 1. The van der Waals surface area contributed by atoms with Crippen LogP contribution in [0, 0.1) is 10.8 Å². The quantitative estimate of drug-likeness (QED) is 0.0455. The predicted octanol–water partition coefficient (Wildman–Crippen LogP) is 22.1. The first-order valence-corrected chi connectivity index (χ1v) is 33.7. The number of methoxy groups -OCH3 is 8. The predicted molar refractivity (Wildman–Crippen MR) is 472 cm³/mol. The van der Waals surface area contributed by atoms with Gasteiger partial charge in [0.25, 0.3) is 0 Å². The Morgan fingerprint density at radius 3 is 0.481 bits per heavy atom. The largest absolute Gasteiger partial charge is 0.481 e. The lowest BCUT2D eigenvalue weighted by Gasteiger charge is -2.13. The Bertz CT molecular complexity index is 853. The summed E-state index contributed by atoms with van der Waals surface area (Å²) >= 11 is 0. The topological polar surface area (TPSA) is 366 Å². The molecule has 0 saturated carbocycles. The number of hydrogen-bond donors (Lipinski definition) is 8. The first-order chi connectivity index (χ1) is 45.4. The van der Waals surface area contributed by atoms with Gasteiger partial charge in [-0.05, 0) is 55.4 Å². The van der Waals surface area contributed by atoms with Crippen LogP contribution in [-0.2, 0) is 80.9 Å². The second-order valence-electron chi connectivity index (χ2n) is 11.5. The summed E-state index contributed by atoms with van der Waals surface area (Å²) in [5.74, 6) is -1.74. The summed E-state index contributed by atoms with van der Waals surface area (Å²) in [4.78, 5) is 61.5. The first-order valence-electron chi connectivity index (χ1n) is 33.7. The maximum absolute atomic E-state index is 10.6. The van der Waals surface area contributed by atoms with Crippen molar-refractivity contribution < 1.29 is 122 Å². The number of hydrogen-bond acceptors (Lipinski definition) is 24. The van der Waals surface area contributed by atoms with Gasteiger partial charge in [-0.2, -0.15) is 0 Å². The number of esters is 4. The molecule has 0 rings (SSSR count). The molecule has 0 heterocycles. The van der Waals surface area contributed by atoms with Crippen LogP contribution in [0.25, 0.3) is 0 Å². The average molecular weight is 1570 g/mol. The molecular formula is C79H220O25. The van der Waals surface area contributed by atoms with Crippen molar-refractivity contribution in [1.82, 2.24) is 0 Å². The molecule has 0 radical (unpaired) electrons. The van der Waals surface area contributed by atoms with E-state index in [0.717, 1.165) is 28.4 Å². The van der Waals surface area contributed by atoms with Crippen molar-refractivity contribution in [2.24, 2.45) is 10.8 Å². The highest BCUT2D eigenvalue weighted by Gasteiger charge is 2.21. The van der Waals surface area contributed by atoms with E-state index in [1.807, 2.05) is 235 Å². The van der Waals surface area contributed by atoms with Gasteiger partial charge < -0.3 is 97.8 Å². The van der Waals surface area contributed by atoms with Crippen LogP contribution in [0.4, 0.5) is 0 Å². The molecule has 104 heavy (non-hydrogen) atoms. The Hall–Kier alpha value is -3.54. The highest BCUT2D eigenvalue weighted by molar-refractivity contribution is 5.75. The molecule has 0 aromatic heterocycles. The number of rotatable bonds is 14. The number of carboxylic acid groups (broad SMARTS) is 1. The SMILES string of the molecule is C.C.C.C.C.C.C.C.C.CC.CC.CC.CC.CC.CC.CC.CC.CC.CC.CC.CC.CC.CC.CC.CC(C)(C)C(=O)O.CCC(=O)OCOC.CCC(C)=O.CCO.CO.CO.CO.CO.COC(=O)C(C)(C)C.COCO.COCO.COCOC(=O)COC.COCOC(=O)COC. The monoisotopic (exact) mass is 1570 g/mol. The van der Waals surface area contributed by atoms with Gasteiger partial charge in [0.1, 0.15) is 32.6 Å². The normalized spacial score (nSPS) is 6.07. The molecular weight excluding hydrogens is 1350 g/mol. The number of ketones is 1. The number of carbonyl (C=O) groups is 6. The fraction of sp³-hybridized carbons (Fsp3) is 0.924. The van der Waals surface area contributed by atoms with Crippen LogP contribution < -0.4 is 0 Å². The smallest absolute Gasteiger partial charge is 0.334 e. The fourth-order valence-corrected chi connectivity index (χ4v) is 1.10. The summed E-state index contributed by atoms with van der Waals surface area (Å²) in [5, 5.41) is 59.1. The van der Waals surface area contributed by atoms with E-state index in [9.17, 15) is 28.8 Å². The molecule has 0 spiro atoms. The molecule has 0 aliphatic rings. The van der Waals surface area contributed by atoms with E-state index in [1.165, 1.54) is 56.9 Å². The van der Waals surface area contributed by atoms with Crippen LogP contribution in [0.5, 0.6) is 0 Å². The zero-order valence-electron chi connectivity index (χ0n) is 73.6. The van der Waals surface area contributed by atoms with Crippen molar-refractivity contribution in [3.63, 3.8) is 0 Å². The molecule has 0 bridgehead atoms. The molecule has 25 heteroatoms. The Labute approximate surface area is 661 Å². The molecule has 686 valence electrons. The number of aliphatic hydroxyl groups is 7. The number of aliphatic hydroxyl groups excluding tert-OH is 7. The van der Waals surface area contributed by atoms with Gasteiger partial charge in [-0.15, -0.1) is 0 Å². The molecule has 0 saturated heterocycles. The highest BCUT2D eigenvalue weighted by atomic mass is 16.7. The van der Waals surface area contributed by atoms with Gasteiger partial charge in [-0.1, -0.05) is 288 Å². The van der Waals surface area contributed by atoms with Gasteiger partial charge in [-0.3, -0.25) is 14.4 Å². The maximum Gasteiger partial charge on any atom is 0.334 e.